The summed E-state index contributed by atoms with van der Waals surface area (Å²) in [5.74, 6) is 1.38. The Labute approximate surface area is 176 Å². The van der Waals surface area contributed by atoms with Crippen molar-refractivity contribution in [2.24, 2.45) is 10.7 Å². The molecule has 1 aliphatic heterocycles. The van der Waals surface area contributed by atoms with E-state index in [1.54, 1.807) is 0 Å². The molecule has 1 aromatic heterocycles. The van der Waals surface area contributed by atoms with Crippen LogP contribution in [-0.2, 0) is 13.0 Å². The molecule has 6 nitrogen and oxygen atoms in total. The number of hydrogen-bond acceptors (Lipinski definition) is 3. The van der Waals surface area contributed by atoms with Crippen molar-refractivity contribution in [1.82, 2.24) is 14.5 Å². The molecule has 0 radical (unpaired) electrons. The monoisotopic (exact) mass is 406 g/mol. The van der Waals surface area contributed by atoms with E-state index in [9.17, 15) is 4.39 Å². The Morgan fingerprint density at radius 3 is 2.47 bits per heavy atom. The molecule has 0 spiro atoms. The Hall–Kier alpha value is -3.35. The van der Waals surface area contributed by atoms with E-state index >= 15 is 0 Å². The highest BCUT2D eigenvalue weighted by Crippen LogP contribution is 2.16. The van der Waals surface area contributed by atoms with Gasteiger partial charge in [-0.15, -0.1) is 0 Å². The third kappa shape index (κ3) is 4.97. The number of nitrogens with zero attached hydrogens (tertiary/aromatic N) is 5. The quantitative estimate of drug-likeness (QED) is 0.505. The number of guanidine groups is 1. The van der Waals surface area contributed by atoms with Crippen LogP contribution in [0.3, 0.4) is 0 Å². The average molecular weight is 407 g/mol. The van der Waals surface area contributed by atoms with E-state index in [0.29, 0.717) is 12.5 Å². The van der Waals surface area contributed by atoms with E-state index < -0.39 is 0 Å². The van der Waals surface area contributed by atoms with Gasteiger partial charge in [-0.1, -0.05) is 30.3 Å². The molecule has 0 bridgehead atoms. The second-order valence-corrected chi connectivity index (χ2v) is 7.40. The van der Waals surface area contributed by atoms with Gasteiger partial charge in [-0.25, -0.2) is 9.37 Å². The molecule has 2 heterocycles. The molecular weight excluding hydrogens is 379 g/mol. The molecule has 30 heavy (non-hydrogen) atoms. The van der Waals surface area contributed by atoms with Crippen molar-refractivity contribution in [3.05, 3.63) is 84.2 Å². The van der Waals surface area contributed by atoms with Crippen LogP contribution in [0.4, 0.5) is 10.1 Å². The minimum absolute atomic E-state index is 0.210. The van der Waals surface area contributed by atoms with Gasteiger partial charge in [-0.2, -0.15) is 0 Å². The van der Waals surface area contributed by atoms with Gasteiger partial charge in [0.2, 0.25) is 0 Å². The molecule has 2 aromatic carbocycles. The van der Waals surface area contributed by atoms with Gasteiger partial charge in [0.15, 0.2) is 5.96 Å². The van der Waals surface area contributed by atoms with Gasteiger partial charge < -0.3 is 20.1 Å². The van der Waals surface area contributed by atoms with E-state index in [0.717, 1.165) is 50.7 Å². The summed E-state index contributed by atoms with van der Waals surface area (Å²) >= 11 is 0. The first-order chi connectivity index (χ1) is 14.7. The van der Waals surface area contributed by atoms with E-state index in [1.807, 2.05) is 42.7 Å². The maximum Gasteiger partial charge on any atom is 0.191 e. The predicted molar refractivity (Wildman–Crippen MR) is 118 cm³/mol. The lowest BCUT2D eigenvalue weighted by molar-refractivity contribution is 0.380. The number of hydrogen-bond donors (Lipinski definition) is 1. The molecule has 1 aliphatic rings. The van der Waals surface area contributed by atoms with Crippen LogP contribution in [0, 0.1) is 5.82 Å². The highest BCUT2D eigenvalue weighted by Gasteiger charge is 2.18. The summed E-state index contributed by atoms with van der Waals surface area (Å²) in [6, 6.07) is 17.0. The van der Waals surface area contributed by atoms with Crippen LogP contribution in [0.25, 0.3) is 0 Å². The van der Waals surface area contributed by atoms with Crippen LogP contribution in [0.1, 0.15) is 11.4 Å². The van der Waals surface area contributed by atoms with Crippen molar-refractivity contribution in [2.45, 2.75) is 13.0 Å². The summed E-state index contributed by atoms with van der Waals surface area (Å²) in [5.41, 5.74) is 8.52. The normalized spacial score (nSPS) is 14.9. The Morgan fingerprint density at radius 2 is 1.73 bits per heavy atom. The van der Waals surface area contributed by atoms with Gasteiger partial charge in [0, 0.05) is 63.8 Å². The standard InChI is InChI=1S/C23H27FN6/c24-20-6-8-21(9-7-20)28-14-16-29(17-15-28)23(25)27-11-10-22-26-12-13-30(22)18-19-4-2-1-3-5-19/h1-9,12-13H,10-11,14-18H2,(H2,25,27). The fraction of sp³-hybridized carbons (Fsp3) is 0.304. The first-order valence-corrected chi connectivity index (χ1v) is 10.3. The number of benzene rings is 2. The fourth-order valence-corrected chi connectivity index (χ4v) is 3.71. The molecule has 1 fully saturated rings. The third-order valence-electron chi connectivity index (χ3n) is 5.40. The van der Waals surface area contributed by atoms with Crippen LogP contribution in [0.5, 0.6) is 0 Å². The SMILES string of the molecule is NC(=NCCc1nccn1Cc1ccccc1)N1CCN(c2ccc(F)cc2)CC1. The lowest BCUT2D eigenvalue weighted by Gasteiger charge is -2.36. The van der Waals surface area contributed by atoms with Crippen LogP contribution in [-0.4, -0.2) is 53.1 Å². The summed E-state index contributed by atoms with van der Waals surface area (Å²) in [7, 11) is 0. The summed E-state index contributed by atoms with van der Waals surface area (Å²) in [5, 5.41) is 0. The molecule has 4 rings (SSSR count). The Kier molecular flexibility index (Phi) is 6.27. The van der Waals surface area contributed by atoms with Crippen molar-refractivity contribution in [3.63, 3.8) is 0 Å². The molecule has 0 atom stereocenters. The van der Waals surface area contributed by atoms with Crippen molar-refractivity contribution in [3.8, 4) is 0 Å². The largest absolute Gasteiger partial charge is 0.370 e. The van der Waals surface area contributed by atoms with Crippen molar-refractivity contribution in [2.75, 3.05) is 37.6 Å². The first kappa shape index (κ1) is 19.9. The number of piperazine rings is 1. The van der Waals surface area contributed by atoms with E-state index in [-0.39, 0.29) is 5.82 Å². The van der Waals surface area contributed by atoms with Gasteiger partial charge in [0.1, 0.15) is 11.6 Å². The maximum atomic E-state index is 13.1. The maximum absolute atomic E-state index is 13.1. The van der Waals surface area contributed by atoms with Crippen LogP contribution in [0.15, 0.2) is 72.0 Å². The molecule has 0 unspecified atom stereocenters. The minimum atomic E-state index is -0.210. The number of imidazole rings is 1. The van der Waals surface area contributed by atoms with Crippen LogP contribution in [0.2, 0.25) is 0 Å². The Morgan fingerprint density at radius 1 is 1.00 bits per heavy atom. The number of rotatable bonds is 6. The lowest BCUT2D eigenvalue weighted by Crippen LogP contribution is -2.51. The van der Waals surface area contributed by atoms with Gasteiger partial charge in [-0.3, -0.25) is 4.99 Å². The molecule has 0 aliphatic carbocycles. The molecule has 2 N–H and O–H groups in total. The highest BCUT2D eigenvalue weighted by molar-refractivity contribution is 5.78. The van der Waals surface area contributed by atoms with Crippen molar-refractivity contribution < 1.29 is 4.39 Å². The number of aromatic nitrogens is 2. The second kappa shape index (κ2) is 9.43. The van der Waals surface area contributed by atoms with E-state index in [2.05, 4.69) is 36.5 Å². The van der Waals surface area contributed by atoms with Crippen molar-refractivity contribution in [1.29, 1.82) is 0 Å². The highest BCUT2D eigenvalue weighted by atomic mass is 19.1. The topological polar surface area (TPSA) is 62.7 Å². The minimum Gasteiger partial charge on any atom is -0.370 e. The lowest BCUT2D eigenvalue weighted by atomic mass is 10.2. The second-order valence-electron chi connectivity index (χ2n) is 7.40. The summed E-state index contributed by atoms with van der Waals surface area (Å²) in [6.07, 6.45) is 4.58. The first-order valence-electron chi connectivity index (χ1n) is 10.3. The fourth-order valence-electron chi connectivity index (χ4n) is 3.71. The van der Waals surface area contributed by atoms with Gasteiger partial charge in [-0.05, 0) is 29.8 Å². The summed E-state index contributed by atoms with van der Waals surface area (Å²) in [4.78, 5) is 13.4. The predicted octanol–water partition coefficient (Wildman–Crippen LogP) is 2.75. The summed E-state index contributed by atoms with van der Waals surface area (Å²) in [6.45, 7) is 4.69. The van der Waals surface area contributed by atoms with Gasteiger partial charge >= 0.3 is 0 Å². The zero-order chi connectivity index (χ0) is 20.8. The zero-order valence-corrected chi connectivity index (χ0v) is 17.0. The molecule has 156 valence electrons. The third-order valence-corrected chi connectivity index (χ3v) is 5.40. The smallest absolute Gasteiger partial charge is 0.191 e. The van der Waals surface area contributed by atoms with Crippen LogP contribution >= 0.6 is 0 Å². The Bertz CT molecular complexity index is 959. The summed E-state index contributed by atoms with van der Waals surface area (Å²) < 4.78 is 15.3. The molecule has 0 saturated carbocycles. The zero-order valence-electron chi connectivity index (χ0n) is 17.0. The van der Waals surface area contributed by atoms with Gasteiger partial charge in [0.05, 0.1) is 0 Å². The van der Waals surface area contributed by atoms with E-state index in [4.69, 9.17) is 5.73 Å². The Balaban J connectivity index is 1.27. The molecule has 1 saturated heterocycles. The molecule has 0 amide bonds. The van der Waals surface area contributed by atoms with Crippen molar-refractivity contribution >= 4 is 11.6 Å². The molecular formula is C23H27FN6. The van der Waals surface area contributed by atoms with Gasteiger partial charge in [0.25, 0.3) is 0 Å². The number of aliphatic imine (C=N–C) groups is 1. The number of anilines is 1. The number of halogens is 1. The van der Waals surface area contributed by atoms with Crippen LogP contribution < -0.4 is 10.6 Å². The van der Waals surface area contributed by atoms with E-state index in [1.165, 1.54) is 17.7 Å². The molecule has 7 heteroatoms. The molecule has 3 aromatic rings. The average Bonchev–Trinajstić information content (AvgIpc) is 3.22. The number of nitrogens with two attached hydrogens (primary N) is 1.